The zero-order valence-electron chi connectivity index (χ0n) is 4.58. The van der Waals surface area contributed by atoms with Gasteiger partial charge in [-0.1, -0.05) is 0 Å². The lowest BCUT2D eigenvalue weighted by molar-refractivity contribution is 0.0794. The molecule has 8 heavy (non-hydrogen) atoms. The summed E-state index contributed by atoms with van der Waals surface area (Å²) in [6.45, 7) is 0.852. The lowest BCUT2D eigenvalue weighted by Gasteiger charge is -2.23. The highest BCUT2D eigenvalue weighted by Gasteiger charge is 2.17. The molecule has 2 unspecified atom stereocenters. The van der Waals surface area contributed by atoms with Crippen LogP contribution in [0.4, 0.5) is 0 Å². The van der Waals surface area contributed by atoms with Crippen LogP contribution < -0.4 is 0 Å². The molecule has 0 aromatic heterocycles. The van der Waals surface area contributed by atoms with E-state index >= 15 is 0 Å². The number of ether oxygens (including phenoxy) is 1. The van der Waals surface area contributed by atoms with Crippen molar-refractivity contribution < 1.29 is 4.74 Å². The molecule has 0 saturated carbocycles. The Balaban J connectivity index is 2.28. The van der Waals surface area contributed by atoms with Crippen molar-refractivity contribution >= 4 is 25.3 Å². The first-order valence-electron chi connectivity index (χ1n) is 2.78. The van der Waals surface area contributed by atoms with Crippen molar-refractivity contribution in [1.82, 2.24) is 0 Å². The lowest BCUT2D eigenvalue weighted by atomic mass is 10.2. The smallest absolute Gasteiger partial charge is 0.112 e. The van der Waals surface area contributed by atoms with E-state index in [0.717, 1.165) is 19.4 Å². The van der Waals surface area contributed by atoms with Gasteiger partial charge in [-0.2, -0.15) is 12.6 Å². The van der Waals surface area contributed by atoms with Gasteiger partial charge in [0.2, 0.25) is 0 Å². The standard InChI is InChI=1S/C5H10OS2/c7-4-2-1-3-6-5(4)8/h4-5,7-8H,1-3H2. The van der Waals surface area contributed by atoms with E-state index in [2.05, 4.69) is 25.3 Å². The molecule has 0 bridgehead atoms. The third kappa shape index (κ3) is 1.57. The zero-order valence-corrected chi connectivity index (χ0v) is 6.37. The normalized spacial score (nSPS) is 39.8. The third-order valence-corrected chi connectivity index (χ3v) is 2.54. The molecule has 1 fully saturated rings. The van der Waals surface area contributed by atoms with E-state index in [4.69, 9.17) is 4.74 Å². The highest BCUT2D eigenvalue weighted by molar-refractivity contribution is 7.85. The fourth-order valence-corrected chi connectivity index (χ4v) is 1.27. The van der Waals surface area contributed by atoms with Gasteiger partial charge in [-0.3, -0.25) is 0 Å². The van der Waals surface area contributed by atoms with Gasteiger partial charge in [-0.25, -0.2) is 0 Å². The van der Waals surface area contributed by atoms with Crippen LogP contribution in [0.15, 0.2) is 0 Å². The van der Waals surface area contributed by atoms with Crippen LogP contribution in [-0.4, -0.2) is 17.3 Å². The van der Waals surface area contributed by atoms with Crippen molar-refractivity contribution in [3.05, 3.63) is 0 Å². The summed E-state index contributed by atoms with van der Waals surface area (Å²) < 4.78 is 5.18. The third-order valence-electron chi connectivity index (χ3n) is 1.26. The maximum atomic E-state index is 5.18. The van der Waals surface area contributed by atoms with Crippen molar-refractivity contribution in [3.63, 3.8) is 0 Å². The first kappa shape index (κ1) is 6.78. The van der Waals surface area contributed by atoms with Crippen molar-refractivity contribution in [2.75, 3.05) is 6.61 Å². The average molecular weight is 150 g/mol. The molecule has 2 atom stereocenters. The van der Waals surface area contributed by atoms with Gasteiger partial charge in [-0.15, -0.1) is 12.6 Å². The van der Waals surface area contributed by atoms with Crippen LogP contribution >= 0.6 is 25.3 Å². The van der Waals surface area contributed by atoms with Gasteiger partial charge in [0.25, 0.3) is 0 Å². The van der Waals surface area contributed by atoms with E-state index < -0.39 is 0 Å². The monoisotopic (exact) mass is 150 g/mol. The topological polar surface area (TPSA) is 9.23 Å². The lowest BCUT2D eigenvalue weighted by Crippen LogP contribution is -2.24. The van der Waals surface area contributed by atoms with Crippen molar-refractivity contribution in [3.8, 4) is 0 Å². The highest BCUT2D eigenvalue weighted by atomic mass is 32.1. The van der Waals surface area contributed by atoms with Gasteiger partial charge in [-0.05, 0) is 12.8 Å². The molecule has 1 aliphatic rings. The molecule has 1 aliphatic heterocycles. The molecule has 0 aliphatic carbocycles. The Bertz CT molecular complexity index is 66.8. The van der Waals surface area contributed by atoms with Crippen LogP contribution in [0.3, 0.4) is 0 Å². The van der Waals surface area contributed by atoms with Crippen LogP contribution in [0.5, 0.6) is 0 Å². The second-order valence-electron chi connectivity index (χ2n) is 1.97. The SMILES string of the molecule is SC1CCCOC1S. The molecule has 0 aromatic carbocycles. The van der Waals surface area contributed by atoms with Crippen molar-refractivity contribution in [2.45, 2.75) is 23.5 Å². The summed E-state index contributed by atoms with van der Waals surface area (Å²) in [5.41, 5.74) is 0.0621. The van der Waals surface area contributed by atoms with Gasteiger partial charge in [0.05, 0.1) is 0 Å². The minimum Gasteiger partial charge on any atom is -0.367 e. The fraction of sp³-hybridized carbons (Fsp3) is 1.00. The molecular formula is C5H10OS2. The molecule has 1 nitrogen and oxygen atoms in total. The number of hydrogen-bond donors (Lipinski definition) is 2. The number of thiol groups is 2. The molecule has 0 radical (unpaired) electrons. The molecule has 1 rings (SSSR count). The quantitative estimate of drug-likeness (QED) is 0.496. The van der Waals surface area contributed by atoms with Gasteiger partial charge < -0.3 is 4.74 Å². The molecule has 48 valence electrons. The van der Waals surface area contributed by atoms with Crippen LogP contribution in [0.1, 0.15) is 12.8 Å². The van der Waals surface area contributed by atoms with Gasteiger partial charge in [0, 0.05) is 11.9 Å². The Labute approximate surface area is 60.6 Å². The molecule has 1 saturated heterocycles. The van der Waals surface area contributed by atoms with E-state index in [1.807, 2.05) is 0 Å². The Morgan fingerprint density at radius 3 is 2.50 bits per heavy atom. The van der Waals surface area contributed by atoms with Crippen LogP contribution in [-0.2, 0) is 4.74 Å². The Morgan fingerprint density at radius 1 is 1.38 bits per heavy atom. The van der Waals surface area contributed by atoms with E-state index in [1.165, 1.54) is 0 Å². The molecule has 0 aromatic rings. The zero-order chi connectivity index (χ0) is 5.98. The van der Waals surface area contributed by atoms with Gasteiger partial charge in [0.15, 0.2) is 0 Å². The second kappa shape index (κ2) is 2.99. The first-order valence-corrected chi connectivity index (χ1v) is 3.82. The maximum absolute atomic E-state index is 5.18. The second-order valence-corrected chi connectivity index (χ2v) is 3.14. The predicted molar refractivity (Wildman–Crippen MR) is 40.7 cm³/mol. The molecular weight excluding hydrogens is 140 g/mol. The molecule has 3 heteroatoms. The summed E-state index contributed by atoms with van der Waals surface area (Å²) in [6.07, 6.45) is 2.27. The Hall–Kier alpha value is 0.660. The van der Waals surface area contributed by atoms with E-state index in [0.29, 0.717) is 5.25 Å². The Morgan fingerprint density at radius 2 is 2.12 bits per heavy atom. The summed E-state index contributed by atoms with van der Waals surface area (Å²) in [4.78, 5) is 0. The first-order chi connectivity index (χ1) is 3.80. The maximum Gasteiger partial charge on any atom is 0.112 e. The average Bonchev–Trinajstić information content (AvgIpc) is 1.77. The summed E-state index contributed by atoms with van der Waals surface area (Å²) >= 11 is 8.41. The summed E-state index contributed by atoms with van der Waals surface area (Å²) in [7, 11) is 0. The summed E-state index contributed by atoms with van der Waals surface area (Å²) in [5, 5.41) is 0.340. The van der Waals surface area contributed by atoms with Gasteiger partial charge >= 0.3 is 0 Å². The van der Waals surface area contributed by atoms with Crippen molar-refractivity contribution in [2.24, 2.45) is 0 Å². The highest BCUT2D eigenvalue weighted by Crippen LogP contribution is 2.20. The molecule has 1 heterocycles. The van der Waals surface area contributed by atoms with Crippen LogP contribution in [0.2, 0.25) is 0 Å². The van der Waals surface area contributed by atoms with Gasteiger partial charge in [0.1, 0.15) is 5.44 Å². The molecule has 0 spiro atoms. The van der Waals surface area contributed by atoms with E-state index in [1.54, 1.807) is 0 Å². The van der Waals surface area contributed by atoms with Crippen LogP contribution in [0.25, 0.3) is 0 Å². The summed E-state index contributed by atoms with van der Waals surface area (Å²) in [5.74, 6) is 0. The molecule has 0 N–H and O–H groups in total. The summed E-state index contributed by atoms with van der Waals surface area (Å²) in [6, 6.07) is 0. The van der Waals surface area contributed by atoms with E-state index in [-0.39, 0.29) is 5.44 Å². The predicted octanol–water partition coefficient (Wildman–Crippen LogP) is 1.35. The van der Waals surface area contributed by atoms with Crippen LogP contribution in [0, 0.1) is 0 Å². The van der Waals surface area contributed by atoms with E-state index in [9.17, 15) is 0 Å². The minimum atomic E-state index is 0.0621. The molecule has 0 amide bonds. The fourth-order valence-electron chi connectivity index (χ4n) is 0.750. The Kier molecular flexibility index (Phi) is 2.53. The largest absolute Gasteiger partial charge is 0.367 e. The number of rotatable bonds is 0. The number of hydrogen-bond acceptors (Lipinski definition) is 3. The van der Waals surface area contributed by atoms with Crippen molar-refractivity contribution in [1.29, 1.82) is 0 Å². The minimum absolute atomic E-state index is 0.0621.